The first-order chi connectivity index (χ1) is 11.5. The second kappa shape index (κ2) is 7.86. The number of amides is 2. The number of benzene rings is 1. The van der Waals surface area contributed by atoms with Crippen molar-refractivity contribution in [3.05, 3.63) is 36.5 Å². The summed E-state index contributed by atoms with van der Waals surface area (Å²) in [5.74, 6) is -0.561. The molecule has 9 heteroatoms. The van der Waals surface area contributed by atoms with Gasteiger partial charge in [0.2, 0.25) is 0 Å². The normalized spacial score (nSPS) is 12.5. The van der Waals surface area contributed by atoms with Crippen LogP contribution >= 0.6 is 0 Å². The van der Waals surface area contributed by atoms with Crippen LogP contribution in [0.15, 0.2) is 41.6 Å². The molecule has 0 spiro atoms. The van der Waals surface area contributed by atoms with Crippen LogP contribution in [0.3, 0.4) is 0 Å². The minimum Gasteiger partial charge on any atom is -0.464 e. The number of hydrazone groups is 1. The van der Waals surface area contributed by atoms with Crippen LogP contribution in [0, 0.1) is 0 Å². The Balaban J connectivity index is 2.34. The number of hydrogen-bond acceptors (Lipinski definition) is 6. The van der Waals surface area contributed by atoms with E-state index in [4.69, 9.17) is 10.5 Å². The molecule has 9 nitrogen and oxygen atoms in total. The number of ether oxygens (including phenoxy) is 1. The van der Waals surface area contributed by atoms with Crippen molar-refractivity contribution in [2.24, 2.45) is 10.8 Å². The van der Waals surface area contributed by atoms with Gasteiger partial charge in [0.05, 0.1) is 18.5 Å². The maximum Gasteiger partial charge on any atom is 0.336 e. The van der Waals surface area contributed by atoms with Gasteiger partial charge in [0, 0.05) is 5.56 Å². The van der Waals surface area contributed by atoms with E-state index in [0.29, 0.717) is 5.69 Å². The topological polar surface area (TPSA) is 124 Å². The first-order valence-electron chi connectivity index (χ1n) is 7.26. The zero-order chi connectivity index (χ0) is 17.5. The lowest BCUT2D eigenvalue weighted by Crippen LogP contribution is -2.32. The van der Waals surface area contributed by atoms with Crippen LogP contribution in [0.5, 0.6) is 0 Å². The molecule has 2 rings (SSSR count). The van der Waals surface area contributed by atoms with Crippen molar-refractivity contribution < 1.29 is 14.3 Å². The Bertz CT molecular complexity index is 741. The van der Waals surface area contributed by atoms with Gasteiger partial charge in [-0.05, 0) is 13.8 Å². The molecule has 0 fully saturated rings. The highest BCUT2D eigenvalue weighted by Crippen LogP contribution is 2.18. The lowest BCUT2D eigenvalue weighted by atomic mass is 10.1. The van der Waals surface area contributed by atoms with Crippen LogP contribution in [-0.2, 0) is 9.53 Å². The van der Waals surface area contributed by atoms with Crippen LogP contribution in [0.4, 0.5) is 4.79 Å². The minimum absolute atomic E-state index is 0.200. The van der Waals surface area contributed by atoms with Crippen LogP contribution in [0.1, 0.15) is 19.9 Å². The third-order valence-electron chi connectivity index (χ3n) is 3.09. The predicted molar refractivity (Wildman–Crippen MR) is 87.0 cm³/mol. The molecule has 3 N–H and O–H groups in total. The van der Waals surface area contributed by atoms with Gasteiger partial charge in [0.25, 0.3) is 0 Å². The summed E-state index contributed by atoms with van der Waals surface area (Å²) in [6.07, 6.45) is 1.61. The molecule has 2 amide bonds. The van der Waals surface area contributed by atoms with E-state index in [-0.39, 0.29) is 12.3 Å². The largest absolute Gasteiger partial charge is 0.464 e. The molecule has 0 radical (unpaired) electrons. The van der Waals surface area contributed by atoms with Gasteiger partial charge < -0.3 is 10.5 Å². The summed E-state index contributed by atoms with van der Waals surface area (Å²) in [4.78, 5) is 23.0. The van der Waals surface area contributed by atoms with Gasteiger partial charge in [-0.1, -0.05) is 35.5 Å². The Morgan fingerprint density at radius 3 is 2.71 bits per heavy atom. The first kappa shape index (κ1) is 17.1. The van der Waals surface area contributed by atoms with Crippen molar-refractivity contribution in [2.75, 3.05) is 6.61 Å². The quantitative estimate of drug-likeness (QED) is 0.466. The van der Waals surface area contributed by atoms with E-state index in [9.17, 15) is 9.59 Å². The van der Waals surface area contributed by atoms with Crippen molar-refractivity contribution in [2.45, 2.75) is 19.9 Å². The van der Waals surface area contributed by atoms with Crippen molar-refractivity contribution in [1.29, 1.82) is 0 Å². The molecule has 0 aliphatic rings. The first-order valence-corrected chi connectivity index (χ1v) is 7.26. The summed E-state index contributed by atoms with van der Waals surface area (Å²) < 4.78 is 6.38. The van der Waals surface area contributed by atoms with Gasteiger partial charge in [-0.3, -0.25) is 0 Å². The minimum atomic E-state index is -0.957. The Morgan fingerprint density at radius 1 is 1.38 bits per heavy atom. The van der Waals surface area contributed by atoms with Gasteiger partial charge >= 0.3 is 12.0 Å². The highest BCUT2D eigenvalue weighted by Gasteiger charge is 2.27. The van der Waals surface area contributed by atoms with E-state index in [1.54, 1.807) is 20.0 Å². The molecule has 0 aliphatic heterocycles. The predicted octanol–water partition coefficient (Wildman–Crippen LogP) is 1.09. The lowest BCUT2D eigenvalue weighted by Gasteiger charge is -2.15. The molecule has 1 aromatic heterocycles. The fourth-order valence-electron chi connectivity index (χ4n) is 2.04. The second-order valence-corrected chi connectivity index (χ2v) is 4.83. The van der Waals surface area contributed by atoms with Gasteiger partial charge in [0.15, 0.2) is 6.04 Å². The van der Waals surface area contributed by atoms with E-state index < -0.39 is 18.0 Å². The number of nitrogens with one attached hydrogen (secondary N) is 1. The number of esters is 1. The second-order valence-electron chi connectivity index (χ2n) is 4.83. The van der Waals surface area contributed by atoms with E-state index >= 15 is 0 Å². The smallest absolute Gasteiger partial charge is 0.336 e. The van der Waals surface area contributed by atoms with Crippen molar-refractivity contribution in [3.63, 3.8) is 0 Å². The molecule has 1 heterocycles. The molecule has 0 bridgehead atoms. The summed E-state index contributed by atoms with van der Waals surface area (Å²) in [6, 6.07) is 7.61. The fourth-order valence-corrected chi connectivity index (χ4v) is 2.04. The number of urea groups is 1. The Hall–Kier alpha value is -3.23. The number of aromatic nitrogens is 3. The van der Waals surface area contributed by atoms with Gasteiger partial charge in [-0.2, -0.15) is 5.10 Å². The van der Waals surface area contributed by atoms with Crippen molar-refractivity contribution in [1.82, 2.24) is 20.4 Å². The fraction of sp³-hybridized carbons (Fsp3) is 0.267. The highest BCUT2D eigenvalue weighted by atomic mass is 16.5. The number of carbonyl (C=O) groups excluding carboxylic acids is 2. The average Bonchev–Trinajstić information content (AvgIpc) is 3.04. The molecule has 0 saturated carbocycles. The maximum atomic E-state index is 12.2. The molecule has 2 aromatic rings. The molecular weight excluding hydrogens is 312 g/mol. The third kappa shape index (κ3) is 4.15. The number of nitrogens with zero attached hydrogens (tertiary/aromatic N) is 4. The molecule has 1 unspecified atom stereocenters. The van der Waals surface area contributed by atoms with Gasteiger partial charge in [0.1, 0.15) is 5.69 Å². The summed E-state index contributed by atoms with van der Waals surface area (Å²) in [5, 5.41) is 11.8. The molecule has 24 heavy (non-hydrogen) atoms. The van der Waals surface area contributed by atoms with Crippen LogP contribution in [0.2, 0.25) is 0 Å². The van der Waals surface area contributed by atoms with Gasteiger partial charge in [-0.15, -0.1) is 5.10 Å². The molecule has 0 saturated heterocycles. The van der Waals surface area contributed by atoms with Crippen LogP contribution < -0.4 is 11.2 Å². The van der Waals surface area contributed by atoms with E-state index in [1.807, 2.05) is 30.3 Å². The number of carbonyl (C=O) groups is 2. The number of nitrogens with two attached hydrogens (primary N) is 1. The Morgan fingerprint density at radius 2 is 2.08 bits per heavy atom. The number of rotatable bonds is 6. The molecular formula is C15H18N6O3. The summed E-state index contributed by atoms with van der Waals surface area (Å²) in [6.45, 7) is 3.45. The van der Waals surface area contributed by atoms with E-state index in [0.717, 1.165) is 5.56 Å². The number of primary amides is 1. The zero-order valence-electron chi connectivity index (χ0n) is 13.3. The van der Waals surface area contributed by atoms with Gasteiger partial charge in [-0.25, -0.2) is 19.7 Å². The summed E-state index contributed by atoms with van der Waals surface area (Å²) in [5.41, 5.74) is 8.79. The van der Waals surface area contributed by atoms with Crippen LogP contribution in [0.25, 0.3) is 11.3 Å². The SMILES string of the molecule is CCOC(=O)C(/C(C)=N/NC(N)=O)n1cc(-c2ccccc2)nn1. The average molecular weight is 330 g/mol. The Labute approximate surface area is 138 Å². The Kier molecular flexibility index (Phi) is 5.61. The van der Waals surface area contributed by atoms with E-state index in [1.165, 1.54) is 4.68 Å². The maximum absolute atomic E-state index is 12.2. The summed E-state index contributed by atoms with van der Waals surface area (Å²) in [7, 11) is 0. The van der Waals surface area contributed by atoms with Crippen molar-refractivity contribution in [3.8, 4) is 11.3 Å². The van der Waals surface area contributed by atoms with Crippen molar-refractivity contribution >= 4 is 17.7 Å². The zero-order valence-corrected chi connectivity index (χ0v) is 13.3. The molecule has 126 valence electrons. The third-order valence-corrected chi connectivity index (χ3v) is 3.09. The standard InChI is InChI=1S/C15H18N6O3/c1-3-24-14(22)13(10(2)17-19-15(16)23)21-9-12(18-20-21)11-7-5-4-6-8-11/h4-9,13H,3H2,1-2H3,(H3,16,19,23)/b17-10+. The molecule has 0 aliphatic carbocycles. The highest BCUT2D eigenvalue weighted by molar-refractivity contribution is 6.03. The van der Waals surface area contributed by atoms with E-state index in [2.05, 4.69) is 20.8 Å². The molecule has 1 atom stereocenters. The van der Waals surface area contributed by atoms with Crippen LogP contribution in [-0.4, -0.2) is 39.3 Å². The monoisotopic (exact) mass is 330 g/mol. The summed E-state index contributed by atoms with van der Waals surface area (Å²) >= 11 is 0. The lowest BCUT2D eigenvalue weighted by molar-refractivity contribution is -0.145. The molecule has 1 aromatic carbocycles. The number of hydrogen-bond donors (Lipinski definition) is 2.